The van der Waals surface area contributed by atoms with Crippen LogP contribution < -0.4 is 15.4 Å². The highest BCUT2D eigenvalue weighted by Crippen LogP contribution is 2.31. The Morgan fingerprint density at radius 1 is 1.21 bits per heavy atom. The van der Waals surface area contributed by atoms with Crippen LogP contribution in [0.2, 0.25) is 0 Å². The van der Waals surface area contributed by atoms with Gasteiger partial charge in [0.2, 0.25) is 5.95 Å². The number of hydrogen-bond donors (Lipinski definition) is 2. The summed E-state index contributed by atoms with van der Waals surface area (Å²) in [7, 11) is 1.54. The van der Waals surface area contributed by atoms with Crippen LogP contribution in [0.25, 0.3) is 0 Å². The third-order valence-corrected chi connectivity index (χ3v) is 3.58. The number of rotatable bonds is 6. The summed E-state index contributed by atoms with van der Waals surface area (Å²) >= 11 is 0. The van der Waals surface area contributed by atoms with Crippen LogP contribution >= 0.6 is 0 Å². The second-order valence-corrected chi connectivity index (χ2v) is 5.54. The number of methoxy groups -OCH3 is 1. The minimum Gasteiger partial charge on any atom is -0.496 e. The normalized spacial score (nSPS) is 14.3. The van der Waals surface area contributed by atoms with Crippen molar-refractivity contribution in [2.24, 2.45) is 0 Å². The van der Waals surface area contributed by atoms with Crippen molar-refractivity contribution < 1.29 is 17.9 Å². The summed E-state index contributed by atoms with van der Waals surface area (Å²) in [6, 6.07) is 8.36. The van der Waals surface area contributed by atoms with Gasteiger partial charge in [0.1, 0.15) is 11.6 Å². The molecule has 1 aromatic heterocycles. The Morgan fingerprint density at radius 2 is 1.96 bits per heavy atom. The van der Waals surface area contributed by atoms with Gasteiger partial charge in [0.25, 0.3) is 0 Å². The quantitative estimate of drug-likeness (QED) is 0.841. The molecule has 1 aliphatic rings. The third kappa shape index (κ3) is 4.06. The first-order chi connectivity index (χ1) is 11.5. The lowest BCUT2D eigenvalue weighted by atomic mass is 10.2. The Hall–Kier alpha value is -2.51. The highest BCUT2D eigenvalue weighted by atomic mass is 19.4. The summed E-state index contributed by atoms with van der Waals surface area (Å²) < 4.78 is 44.3. The molecule has 1 heterocycles. The van der Waals surface area contributed by atoms with Crippen LogP contribution in [0.5, 0.6) is 5.75 Å². The van der Waals surface area contributed by atoms with Crippen molar-refractivity contribution >= 4 is 11.8 Å². The number of nitrogens with one attached hydrogen (secondary N) is 2. The fourth-order valence-corrected chi connectivity index (χ4v) is 2.19. The number of aromatic nitrogens is 2. The lowest BCUT2D eigenvalue weighted by Gasteiger charge is -2.13. The van der Waals surface area contributed by atoms with Crippen molar-refractivity contribution in [3.05, 3.63) is 41.6 Å². The van der Waals surface area contributed by atoms with Crippen molar-refractivity contribution in [3.63, 3.8) is 0 Å². The van der Waals surface area contributed by atoms with Gasteiger partial charge in [-0.3, -0.25) is 0 Å². The Morgan fingerprint density at radius 3 is 2.62 bits per heavy atom. The zero-order chi connectivity index (χ0) is 17.2. The van der Waals surface area contributed by atoms with Crippen molar-refractivity contribution in [2.45, 2.75) is 31.6 Å². The number of hydrogen-bond acceptors (Lipinski definition) is 5. The van der Waals surface area contributed by atoms with Crippen molar-refractivity contribution in [3.8, 4) is 5.75 Å². The van der Waals surface area contributed by atoms with Crippen LogP contribution in [-0.4, -0.2) is 23.1 Å². The van der Waals surface area contributed by atoms with Gasteiger partial charge in [-0.15, -0.1) is 0 Å². The van der Waals surface area contributed by atoms with Crippen LogP contribution in [0.4, 0.5) is 24.9 Å². The summed E-state index contributed by atoms with van der Waals surface area (Å²) in [5.74, 6) is 0.771. The van der Waals surface area contributed by atoms with Gasteiger partial charge in [-0.25, -0.2) is 4.98 Å². The van der Waals surface area contributed by atoms with Crippen molar-refractivity contribution in [1.29, 1.82) is 0 Å². The predicted molar refractivity (Wildman–Crippen MR) is 84.0 cm³/mol. The van der Waals surface area contributed by atoms with Crippen LogP contribution in [-0.2, 0) is 12.7 Å². The zero-order valence-corrected chi connectivity index (χ0v) is 13.0. The Kier molecular flexibility index (Phi) is 4.46. The highest BCUT2D eigenvalue weighted by molar-refractivity contribution is 5.45. The molecular weight excluding hydrogens is 321 g/mol. The molecule has 3 rings (SSSR count). The second kappa shape index (κ2) is 6.54. The molecule has 1 saturated carbocycles. The third-order valence-electron chi connectivity index (χ3n) is 3.58. The maximum absolute atomic E-state index is 13.0. The largest absolute Gasteiger partial charge is 0.496 e. The van der Waals surface area contributed by atoms with Gasteiger partial charge < -0.3 is 15.4 Å². The number of halogens is 3. The molecule has 2 aromatic rings. The van der Waals surface area contributed by atoms with E-state index in [9.17, 15) is 13.2 Å². The number of benzene rings is 1. The van der Waals surface area contributed by atoms with Crippen LogP contribution in [0, 0.1) is 0 Å². The van der Waals surface area contributed by atoms with Gasteiger partial charge in [-0.1, -0.05) is 18.2 Å². The molecule has 0 saturated heterocycles. The van der Waals surface area contributed by atoms with E-state index in [0.29, 0.717) is 12.3 Å². The lowest BCUT2D eigenvalue weighted by Crippen LogP contribution is -2.15. The highest BCUT2D eigenvalue weighted by Gasteiger charge is 2.34. The van der Waals surface area contributed by atoms with E-state index < -0.39 is 11.9 Å². The predicted octanol–water partition coefficient (Wildman–Crippen LogP) is 3.69. The Balaban J connectivity index is 1.80. The fourth-order valence-electron chi connectivity index (χ4n) is 2.19. The lowest BCUT2D eigenvalue weighted by molar-refractivity contribution is -0.141. The van der Waals surface area contributed by atoms with Crippen LogP contribution in [0.15, 0.2) is 30.3 Å². The summed E-state index contributed by atoms with van der Waals surface area (Å²) in [6.07, 6.45) is -2.68. The van der Waals surface area contributed by atoms with E-state index in [0.717, 1.165) is 24.5 Å². The summed E-state index contributed by atoms with van der Waals surface area (Å²) in [5.41, 5.74) is -0.146. The SMILES string of the molecule is COc1ccccc1CNc1cc(C(F)(F)F)nc(NC2CC2)n1. The first kappa shape index (κ1) is 16.4. The first-order valence-corrected chi connectivity index (χ1v) is 7.54. The van der Waals surface area contributed by atoms with Gasteiger partial charge in [0.15, 0.2) is 5.69 Å². The van der Waals surface area contributed by atoms with E-state index in [2.05, 4.69) is 20.6 Å². The van der Waals surface area contributed by atoms with Gasteiger partial charge in [-0.2, -0.15) is 18.2 Å². The number of alkyl halides is 3. The molecule has 24 heavy (non-hydrogen) atoms. The van der Waals surface area contributed by atoms with E-state index in [1.807, 2.05) is 18.2 Å². The molecule has 0 radical (unpaired) electrons. The molecule has 0 aliphatic heterocycles. The van der Waals surface area contributed by atoms with Crippen LogP contribution in [0.3, 0.4) is 0 Å². The minimum atomic E-state index is -4.52. The molecule has 0 atom stereocenters. The average Bonchev–Trinajstić information content (AvgIpc) is 3.36. The molecule has 0 unspecified atom stereocenters. The number of para-hydroxylation sites is 1. The van der Waals surface area contributed by atoms with E-state index >= 15 is 0 Å². The minimum absolute atomic E-state index is 0.00477. The Bertz CT molecular complexity index is 717. The van der Waals surface area contributed by atoms with E-state index in [1.165, 1.54) is 0 Å². The molecule has 5 nitrogen and oxygen atoms in total. The first-order valence-electron chi connectivity index (χ1n) is 7.54. The molecule has 1 aromatic carbocycles. The van der Waals surface area contributed by atoms with Gasteiger partial charge in [0, 0.05) is 24.2 Å². The molecule has 0 amide bonds. The molecule has 0 bridgehead atoms. The maximum atomic E-state index is 13.0. The molecule has 1 fully saturated rings. The van der Waals surface area contributed by atoms with Gasteiger partial charge in [-0.05, 0) is 18.9 Å². The maximum Gasteiger partial charge on any atom is 0.433 e. The second-order valence-electron chi connectivity index (χ2n) is 5.54. The monoisotopic (exact) mass is 338 g/mol. The number of ether oxygens (including phenoxy) is 1. The average molecular weight is 338 g/mol. The van der Waals surface area contributed by atoms with Crippen molar-refractivity contribution in [1.82, 2.24) is 9.97 Å². The fraction of sp³-hybridized carbons (Fsp3) is 0.375. The summed E-state index contributed by atoms with van der Waals surface area (Å²) in [6.45, 7) is 0.293. The summed E-state index contributed by atoms with van der Waals surface area (Å²) in [5, 5.41) is 5.81. The molecule has 0 spiro atoms. The van der Waals surface area contributed by atoms with Gasteiger partial charge in [0.05, 0.1) is 7.11 Å². The number of nitrogens with zero attached hydrogens (tertiary/aromatic N) is 2. The number of anilines is 2. The molecule has 8 heteroatoms. The van der Waals surface area contributed by atoms with Gasteiger partial charge >= 0.3 is 6.18 Å². The zero-order valence-electron chi connectivity index (χ0n) is 13.0. The topological polar surface area (TPSA) is 59.1 Å². The van der Waals surface area contributed by atoms with E-state index in [4.69, 9.17) is 4.74 Å². The van der Waals surface area contributed by atoms with Crippen LogP contribution in [0.1, 0.15) is 24.1 Å². The molecule has 128 valence electrons. The van der Waals surface area contributed by atoms with Crippen molar-refractivity contribution in [2.75, 3.05) is 17.7 Å². The molecular formula is C16H17F3N4O. The Labute approximate surface area is 137 Å². The molecule has 2 N–H and O–H groups in total. The summed E-state index contributed by atoms with van der Waals surface area (Å²) in [4.78, 5) is 7.69. The van der Waals surface area contributed by atoms with E-state index in [-0.39, 0.29) is 17.8 Å². The standard InChI is InChI=1S/C16H17F3N4O/c1-24-12-5-3-2-4-10(12)9-20-14-8-13(16(17,18)19)22-15(23-14)21-11-6-7-11/h2-5,8,11H,6-7,9H2,1H3,(H2,20,21,22,23). The smallest absolute Gasteiger partial charge is 0.433 e. The molecule has 1 aliphatic carbocycles. The van der Waals surface area contributed by atoms with E-state index in [1.54, 1.807) is 13.2 Å².